The molecule has 0 aliphatic heterocycles. The summed E-state index contributed by atoms with van der Waals surface area (Å²) in [6.45, 7) is 0. The Morgan fingerprint density at radius 3 is 2.72 bits per heavy atom. The zero-order valence-electron chi connectivity index (χ0n) is 10.3. The second-order valence-electron chi connectivity index (χ2n) is 4.43. The molecule has 2 heterocycles. The number of hydrogen-bond acceptors (Lipinski definition) is 3. The number of anilines is 1. The lowest BCUT2D eigenvalue weighted by molar-refractivity contribution is 0.112. The molecular weight excluding hydrogens is 226 g/mol. The van der Waals surface area contributed by atoms with Gasteiger partial charge >= 0.3 is 0 Å². The highest BCUT2D eigenvalue weighted by molar-refractivity contribution is 6.03. The molecule has 0 bridgehead atoms. The zero-order valence-corrected chi connectivity index (χ0v) is 10.3. The quantitative estimate of drug-likeness (QED) is 0.644. The van der Waals surface area contributed by atoms with Crippen molar-refractivity contribution in [2.45, 2.75) is 0 Å². The molecule has 0 saturated carbocycles. The Kier molecular flexibility index (Phi) is 2.30. The summed E-state index contributed by atoms with van der Waals surface area (Å²) in [6.07, 6.45) is 2.77. The van der Waals surface area contributed by atoms with Gasteiger partial charge in [0.15, 0.2) is 6.29 Å². The third kappa shape index (κ3) is 1.39. The third-order valence-electron chi connectivity index (χ3n) is 3.05. The summed E-state index contributed by atoms with van der Waals surface area (Å²) < 4.78 is 1.95. The van der Waals surface area contributed by atoms with Crippen LogP contribution in [0.1, 0.15) is 10.5 Å². The van der Waals surface area contributed by atoms with Crippen molar-refractivity contribution in [3.05, 3.63) is 42.2 Å². The smallest absolute Gasteiger partial charge is 0.210 e. The minimum atomic E-state index is 0.482. The number of aldehydes is 1. The number of benzene rings is 1. The summed E-state index contributed by atoms with van der Waals surface area (Å²) in [5.41, 5.74) is 1.35. The van der Waals surface area contributed by atoms with Gasteiger partial charge in [0.05, 0.1) is 5.52 Å². The molecule has 4 heteroatoms. The van der Waals surface area contributed by atoms with Crippen LogP contribution in [0.15, 0.2) is 36.5 Å². The van der Waals surface area contributed by atoms with Crippen molar-refractivity contribution < 1.29 is 4.79 Å². The van der Waals surface area contributed by atoms with E-state index in [1.54, 1.807) is 0 Å². The molecule has 0 atom stereocenters. The summed E-state index contributed by atoms with van der Waals surface area (Å²) >= 11 is 0. The molecule has 0 spiro atoms. The van der Waals surface area contributed by atoms with Crippen molar-refractivity contribution in [3.8, 4) is 0 Å². The van der Waals surface area contributed by atoms with E-state index in [9.17, 15) is 4.79 Å². The molecule has 0 saturated heterocycles. The molecule has 0 fully saturated rings. The van der Waals surface area contributed by atoms with Crippen molar-refractivity contribution in [2.75, 3.05) is 19.0 Å². The van der Waals surface area contributed by atoms with E-state index in [0.29, 0.717) is 5.69 Å². The SMILES string of the molecule is CN(C)c1nc(C=O)c2c3ccccc3ccn12. The van der Waals surface area contributed by atoms with Gasteiger partial charge in [0, 0.05) is 25.7 Å². The van der Waals surface area contributed by atoms with Crippen LogP contribution >= 0.6 is 0 Å². The first kappa shape index (κ1) is 10.8. The minimum absolute atomic E-state index is 0.482. The Balaban J connectivity index is 2.53. The molecule has 1 aromatic carbocycles. The Labute approximate surface area is 104 Å². The number of fused-ring (bicyclic) bond motifs is 3. The van der Waals surface area contributed by atoms with Gasteiger partial charge in [0.2, 0.25) is 5.95 Å². The molecular formula is C14H13N3O. The average molecular weight is 239 g/mol. The van der Waals surface area contributed by atoms with E-state index in [4.69, 9.17) is 0 Å². The van der Waals surface area contributed by atoms with E-state index in [1.807, 2.05) is 59.9 Å². The van der Waals surface area contributed by atoms with E-state index in [-0.39, 0.29) is 0 Å². The van der Waals surface area contributed by atoms with Crippen LogP contribution in [0.25, 0.3) is 16.3 Å². The fraction of sp³-hybridized carbons (Fsp3) is 0.143. The van der Waals surface area contributed by atoms with Crippen molar-refractivity contribution in [1.29, 1.82) is 0 Å². The number of carbonyl (C=O) groups is 1. The fourth-order valence-electron chi connectivity index (χ4n) is 2.26. The fourth-order valence-corrected chi connectivity index (χ4v) is 2.26. The van der Waals surface area contributed by atoms with Gasteiger partial charge in [-0.3, -0.25) is 9.20 Å². The van der Waals surface area contributed by atoms with Gasteiger partial charge in [-0.05, 0) is 11.5 Å². The van der Waals surface area contributed by atoms with Gasteiger partial charge in [-0.1, -0.05) is 24.3 Å². The number of imidazole rings is 1. The van der Waals surface area contributed by atoms with Gasteiger partial charge < -0.3 is 4.90 Å². The van der Waals surface area contributed by atoms with Crippen LogP contribution < -0.4 is 4.90 Å². The first-order valence-electron chi connectivity index (χ1n) is 5.74. The van der Waals surface area contributed by atoms with E-state index >= 15 is 0 Å². The van der Waals surface area contributed by atoms with Crippen molar-refractivity contribution >= 4 is 28.5 Å². The van der Waals surface area contributed by atoms with E-state index < -0.39 is 0 Å². The van der Waals surface area contributed by atoms with Gasteiger partial charge in [-0.2, -0.15) is 0 Å². The maximum absolute atomic E-state index is 11.2. The van der Waals surface area contributed by atoms with Crippen LogP contribution in [-0.4, -0.2) is 29.8 Å². The summed E-state index contributed by atoms with van der Waals surface area (Å²) in [5, 5.41) is 2.15. The summed E-state index contributed by atoms with van der Waals surface area (Å²) in [7, 11) is 3.83. The molecule has 0 N–H and O–H groups in total. The predicted octanol–water partition coefficient (Wildman–Crippen LogP) is 2.37. The third-order valence-corrected chi connectivity index (χ3v) is 3.05. The van der Waals surface area contributed by atoms with Gasteiger partial charge in [0.1, 0.15) is 5.69 Å². The highest BCUT2D eigenvalue weighted by Crippen LogP contribution is 2.25. The highest BCUT2D eigenvalue weighted by Gasteiger charge is 2.14. The summed E-state index contributed by atoms with van der Waals surface area (Å²) in [6, 6.07) is 10.0. The number of hydrogen-bond donors (Lipinski definition) is 0. The van der Waals surface area contributed by atoms with Crippen LogP contribution in [0.4, 0.5) is 5.95 Å². The zero-order chi connectivity index (χ0) is 12.7. The first-order valence-corrected chi connectivity index (χ1v) is 5.74. The molecule has 2 aromatic heterocycles. The molecule has 0 aliphatic rings. The lowest BCUT2D eigenvalue weighted by Gasteiger charge is -2.10. The molecule has 0 aliphatic carbocycles. The molecule has 0 radical (unpaired) electrons. The lowest BCUT2D eigenvalue weighted by atomic mass is 10.1. The summed E-state index contributed by atoms with van der Waals surface area (Å²) in [5.74, 6) is 0.762. The minimum Gasteiger partial charge on any atom is -0.348 e. The largest absolute Gasteiger partial charge is 0.348 e. The monoisotopic (exact) mass is 239 g/mol. The van der Waals surface area contributed by atoms with E-state index in [0.717, 1.165) is 28.5 Å². The van der Waals surface area contributed by atoms with Gasteiger partial charge in [-0.15, -0.1) is 0 Å². The van der Waals surface area contributed by atoms with Crippen LogP contribution in [0.3, 0.4) is 0 Å². The van der Waals surface area contributed by atoms with E-state index in [1.165, 1.54) is 0 Å². The molecule has 18 heavy (non-hydrogen) atoms. The standard InChI is InChI=1S/C14H13N3O/c1-16(2)14-15-12(9-18)13-11-6-4-3-5-10(11)7-8-17(13)14/h3-9H,1-2H3. The second-order valence-corrected chi connectivity index (χ2v) is 4.43. The van der Waals surface area contributed by atoms with Crippen LogP contribution in [0.5, 0.6) is 0 Å². The van der Waals surface area contributed by atoms with Crippen LogP contribution in [0, 0.1) is 0 Å². The Morgan fingerprint density at radius 2 is 2.00 bits per heavy atom. The second kappa shape index (κ2) is 3.84. The summed E-state index contributed by atoms with van der Waals surface area (Å²) in [4.78, 5) is 17.5. The van der Waals surface area contributed by atoms with Crippen molar-refractivity contribution in [2.24, 2.45) is 0 Å². The molecule has 90 valence electrons. The molecule has 3 rings (SSSR count). The van der Waals surface area contributed by atoms with Gasteiger partial charge in [-0.25, -0.2) is 4.98 Å². The van der Waals surface area contributed by atoms with Crippen LogP contribution in [-0.2, 0) is 0 Å². The first-order chi connectivity index (χ1) is 8.72. The van der Waals surface area contributed by atoms with Gasteiger partial charge in [0.25, 0.3) is 0 Å². The normalized spacial score (nSPS) is 11.0. The number of nitrogens with zero attached hydrogens (tertiary/aromatic N) is 3. The molecule has 0 unspecified atom stereocenters. The molecule has 3 aromatic rings. The highest BCUT2D eigenvalue weighted by atomic mass is 16.1. The number of pyridine rings is 1. The molecule has 0 amide bonds. The van der Waals surface area contributed by atoms with Crippen LogP contribution in [0.2, 0.25) is 0 Å². The van der Waals surface area contributed by atoms with E-state index in [2.05, 4.69) is 4.98 Å². The maximum atomic E-state index is 11.2. The lowest BCUT2D eigenvalue weighted by Crippen LogP contribution is -2.12. The Morgan fingerprint density at radius 1 is 1.22 bits per heavy atom. The average Bonchev–Trinajstić information content (AvgIpc) is 2.78. The number of aromatic nitrogens is 2. The topological polar surface area (TPSA) is 37.6 Å². The number of carbonyl (C=O) groups excluding carboxylic acids is 1. The maximum Gasteiger partial charge on any atom is 0.210 e. The van der Waals surface area contributed by atoms with Crippen molar-refractivity contribution in [3.63, 3.8) is 0 Å². The van der Waals surface area contributed by atoms with Crippen molar-refractivity contribution in [1.82, 2.24) is 9.38 Å². The predicted molar refractivity (Wildman–Crippen MR) is 72.4 cm³/mol. The Hall–Kier alpha value is -2.36. The molecule has 4 nitrogen and oxygen atoms in total. The Bertz CT molecular complexity index is 743. The number of rotatable bonds is 2.